The van der Waals surface area contributed by atoms with Crippen molar-refractivity contribution in [2.75, 3.05) is 0 Å². The Kier molecular flexibility index (Phi) is 3.68. The van der Waals surface area contributed by atoms with Gasteiger partial charge >= 0.3 is 5.97 Å². The minimum absolute atomic E-state index is 0. The molecule has 0 aromatic heterocycles. The molecule has 0 saturated carbocycles. The number of rotatable bonds is 1. The first-order valence-corrected chi connectivity index (χ1v) is 3.19. The van der Waals surface area contributed by atoms with Crippen LogP contribution in [0.25, 0.3) is 0 Å². The van der Waals surface area contributed by atoms with Gasteiger partial charge in [-0.15, -0.1) is 12.4 Å². The molecule has 1 fully saturated rings. The second-order valence-corrected chi connectivity index (χ2v) is 2.54. The molecular weight excluding hydrogens is 154 g/mol. The van der Waals surface area contributed by atoms with Gasteiger partial charge in [-0.25, -0.2) is 0 Å². The molecule has 1 aliphatic heterocycles. The van der Waals surface area contributed by atoms with Gasteiger partial charge < -0.3 is 10.4 Å². The number of hydrogen-bond acceptors (Lipinski definition) is 2. The summed E-state index contributed by atoms with van der Waals surface area (Å²) in [4.78, 5) is 10.3. The summed E-state index contributed by atoms with van der Waals surface area (Å²) in [5.74, 6) is -0.723. The van der Waals surface area contributed by atoms with Crippen LogP contribution in [0.4, 0.5) is 0 Å². The molecule has 3 nitrogen and oxygen atoms in total. The maximum Gasteiger partial charge on any atom is 0.320 e. The van der Waals surface area contributed by atoms with Crippen LogP contribution >= 0.6 is 12.4 Å². The van der Waals surface area contributed by atoms with E-state index in [1.54, 1.807) is 0 Å². The molecule has 1 heterocycles. The third-order valence-electron chi connectivity index (χ3n) is 1.67. The quantitative estimate of drug-likeness (QED) is 0.600. The SMILES string of the molecule is C[C@H]1CC[C@@H](C(=O)O)N1.Cl. The van der Waals surface area contributed by atoms with Gasteiger partial charge in [-0.05, 0) is 19.8 Å². The van der Waals surface area contributed by atoms with Crippen molar-refractivity contribution >= 4 is 18.4 Å². The van der Waals surface area contributed by atoms with Crippen molar-refractivity contribution in [3.8, 4) is 0 Å². The second-order valence-electron chi connectivity index (χ2n) is 2.54. The fraction of sp³-hybridized carbons (Fsp3) is 0.833. The van der Waals surface area contributed by atoms with Gasteiger partial charge in [0.1, 0.15) is 6.04 Å². The topological polar surface area (TPSA) is 49.3 Å². The van der Waals surface area contributed by atoms with Crippen molar-refractivity contribution in [3.05, 3.63) is 0 Å². The Morgan fingerprint density at radius 3 is 2.40 bits per heavy atom. The van der Waals surface area contributed by atoms with E-state index in [9.17, 15) is 4.79 Å². The second kappa shape index (κ2) is 3.78. The molecule has 0 aromatic rings. The number of carboxylic acid groups (broad SMARTS) is 1. The van der Waals surface area contributed by atoms with E-state index in [0.29, 0.717) is 6.04 Å². The first kappa shape index (κ1) is 9.72. The number of halogens is 1. The first-order chi connectivity index (χ1) is 4.20. The van der Waals surface area contributed by atoms with Gasteiger partial charge in [-0.2, -0.15) is 0 Å². The minimum atomic E-state index is -0.723. The highest BCUT2D eigenvalue weighted by Crippen LogP contribution is 2.10. The first-order valence-electron chi connectivity index (χ1n) is 3.19. The molecule has 10 heavy (non-hydrogen) atoms. The number of nitrogens with one attached hydrogen (secondary N) is 1. The van der Waals surface area contributed by atoms with E-state index in [0.717, 1.165) is 12.8 Å². The molecule has 0 bridgehead atoms. The molecule has 0 aliphatic carbocycles. The Hall–Kier alpha value is -0.280. The molecule has 60 valence electrons. The number of aliphatic carboxylic acids is 1. The van der Waals surface area contributed by atoms with Crippen LogP contribution in [0.3, 0.4) is 0 Å². The lowest BCUT2D eigenvalue weighted by Gasteiger charge is -2.03. The summed E-state index contributed by atoms with van der Waals surface area (Å²) in [5.41, 5.74) is 0. The number of carbonyl (C=O) groups is 1. The summed E-state index contributed by atoms with van der Waals surface area (Å²) in [5, 5.41) is 11.4. The summed E-state index contributed by atoms with van der Waals surface area (Å²) in [6.45, 7) is 2.00. The Balaban J connectivity index is 0.000000810. The lowest BCUT2D eigenvalue weighted by Crippen LogP contribution is -2.33. The maximum atomic E-state index is 10.3. The summed E-state index contributed by atoms with van der Waals surface area (Å²) in [6, 6.07) is 0.0890. The van der Waals surface area contributed by atoms with Gasteiger partial charge in [0.15, 0.2) is 0 Å². The van der Waals surface area contributed by atoms with Gasteiger partial charge in [0.05, 0.1) is 0 Å². The fourth-order valence-electron chi connectivity index (χ4n) is 1.12. The van der Waals surface area contributed by atoms with Crippen molar-refractivity contribution < 1.29 is 9.90 Å². The van der Waals surface area contributed by atoms with Gasteiger partial charge in [0.2, 0.25) is 0 Å². The van der Waals surface area contributed by atoms with Crippen LogP contribution in [0.15, 0.2) is 0 Å². The third kappa shape index (κ3) is 2.15. The predicted molar refractivity (Wildman–Crippen MR) is 40.5 cm³/mol. The molecule has 4 heteroatoms. The van der Waals surface area contributed by atoms with E-state index in [4.69, 9.17) is 5.11 Å². The molecule has 2 atom stereocenters. The minimum Gasteiger partial charge on any atom is -0.480 e. The number of hydrogen-bond donors (Lipinski definition) is 2. The zero-order chi connectivity index (χ0) is 6.85. The molecular formula is C6H12ClNO2. The summed E-state index contributed by atoms with van der Waals surface area (Å²) >= 11 is 0. The van der Waals surface area contributed by atoms with Gasteiger partial charge in [-0.1, -0.05) is 0 Å². The van der Waals surface area contributed by atoms with Crippen LogP contribution < -0.4 is 5.32 Å². The molecule has 0 unspecified atom stereocenters. The highest BCUT2D eigenvalue weighted by molar-refractivity contribution is 5.85. The maximum absolute atomic E-state index is 10.3. The van der Waals surface area contributed by atoms with Crippen LogP contribution in [0.2, 0.25) is 0 Å². The Bertz CT molecular complexity index is 129. The van der Waals surface area contributed by atoms with Gasteiger partial charge in [0, 0.05) is 6.04 Å². The molecule has 1 saturated heterocycles. The predicted octanol–water partition coefficient (Wildman–Crippen LogP) is 0.633. The summed E-state index contributed by atoms with van der Waals surface area (Å²) in [6.07, 6.45) is 1.76. The third-order valence-corrected chi connectivity index (χ3v) is 1.67. The Morgan fingerprint density at radius 2 is 2.20 bits per heavy atom. The van der Waals surface area contributed by atoms with Crippen LogP contribution in [-0.4, -0.2) is 23.2 Å². The lowest BCUT2D eigenvalue weighted by molar-refractivity contribution is -0.139. The smallest absolute Gasteiger partial charge is 0.320 e. The van der Waals surface area contributed by atoms with E-state index in [-0.39, 0.29) is 18.4 Å². The highest BCUT2D eigenvalue weighted by Gasteiger charge is 2.25. The Labute approximate surface area is 66.2 Å². The molecule has 0 amide bonds. The molecule has 0 aromatic carbocycles. The number of carboxylic acids is 1. The van der Waals surface area contributed by atoms with Crippen molar-refractivity contribution in [1.82, 2.24) is 5.32 Å². The average Bonchev–Trinajstić information content (AvgIpc) is 2.14. The van der Waals surface area contributed by atoms with Crippen LogP contribution in [-0.2, 0) is 4.79 Å². The standard InChI is InChI=1S/C6H11NO2.ClH/c1-4-2-3-5(7-4)6(8)9;/h4-5,7H,2-3H2,1H3,(H,8,9);1H/t4-,5-;/m0./s1. The van der Waals surface area contributed by atoms with Crippen molar-refractivity contribution in [1.29, 1.82) is 0 Å². The van der Waals surface area contributed by atoms with Crippen molar-refractivity contribution in [3.63, 3.8) is 0 Å². The van der Waals surface area contributed by atoms with Gasteiger partial charge in [0.25, 0.3) is 0 Å². The van der Waals surface area contributed by atoms with E-state index in [1.807, 2.05) is 6.92 Å². The molecule has 1 rings (SSSR count). The fourth-order valence-corrected chi connectivity index (χ4v) is 1.12. The van der Waals surface area contributed by atoms with Crippen molar-refractivity contribution in [2.45, 2.75) is 31.8 Å². The summed E-state index contributed by atoms with van der Waals surface area (Å²) < 4.78 is 0. The average molecular weight is 166 g/mol. The van der Waals surface area contributed by atoms with Crippen molar-refractivity contribution in [2.24, 2.45) is 0 Å². The molecule has 0 radical (unpaired) electrons. The lowest BCUT2D eigenvalue weighted by atomic mass is 10.2. The monoisotopic (exact) mass is 165 g/mol. The van der Waals surface area contributed by atoms with Crippen LogP contribution in [0.1, 0.15) is 19.8 Å². The zero-order valence-electron chi connectivity index (χ0n) is 5.83. The van der Waals surface area contributed by atoms with E-state index in [1.165, 1.54) is 0 Å². The highest BCUT2D eigenvalue weighted by atomic mass is 35.5. The van der Waals surface area contributed by atoms with E-state index < -0.39 is 5.97 Å². The van der Waals surface area contributed by atoms with E-state index >= 15 is 0 Å². The van der Waals surface area contributed by atoms with Crippen LogP contribution in [0.5, 0.6) is 0 Å². The summed E-state index contributed by atoms with van der Waals surface area (Å²) in [7, 11) is 0. The largest absolute Gasteiger partial charge is 0.480 e. The molecule has 0 spiro atoms. The zero-order valence-corrected chi connectivity index (χ0v) is 6.65. The van der Waals surface area contributed by atoms with Crippen LogP contribution in [0, 0.1) is 0 Å². The Morgan fingerprint density at radius 1 is 1.60 bits per heavy atom. The molecule has 2 N–H and O–H groups in total. The van der Waals surface area contributed by atoms with E-state index in [2.05, 4.69) is 5.32 Å². The normalized spacial score (nSPS) is 31.3. The molecule has 1 aliphatic rings. The van der Waals surface area contributed by atoms with Gasteiger partial charge in [-0.3, -0.25) is 4.79 Å².